The van der Waals surface area contributed by atoms with Gasteiger partial charge in [0.05, 0.1) is 12.6 Å². The average Bonchev–Trinajstić information content (AvgIpc) is 2.50. The van der Waals surface area contributed by atoms with Crippen LogP contribution in [0, 0.1) is 13.8 Å². The van der Waals surface area contributed by atoms with Crippen LogP contribution in [-0.2, 0) is 11.2 Å². The van der Waals surface area contributed by atoms with Gasteiger partial charge in [0, 0.05) is 19.8 Å². The third-order valence-electron chi connectivity index (χ3n) is 3.66. The fourth-order valence-electron chi connectivity index (χ4n) is 2.29. The molecule has 23 heavy (non-hydrogen) atoms. The first kappa shape index (κ1) is 16.7. The summed E-state index contributed by atoms with van der Waals surface area (Å²) in [5, 5.41) is 4.02. The van der Waals surface area contributed by atoms with Crippen LogP contribution in [0.2, 0.25) is 0 Å². The molecular weight excluding hydrogens is 286 g/mol. The number of aryl methyl sites for hydroxylation is 2. The molecule has 0 aliphatic carbocycles. The van der Waals surface area contributed by atoms with E-state index >= 15 is 0 Å². The maximum atomic E-state index is 12.0. The van der Waals surface area contributed by atoms with E-state index in [2.05, 4.69) is 16.6 Å². The molecule has 0 saturated heterocycles. The lowest BCUT2D eigenvalue weighted by Crippen LogP contribution is -2.20. The van der Waals surface area contributed by atoms with E-state index in [9.17, 15) is 4.79 Å². The molecule has 0 saturated carbocycles. The fraction of sp³-hybridized carbons (Fsp3) is 0.263. The van der Waals surface area contributed by atoms with E-state index in [1.54, 1.807) is 6.21 Å². The maximum Gasteiger partial charge on any atom is 0.244 e. The first-order chi connectivity index (χ1) is 11.0. The fourth-order valence-corrected chi connectivity index (χ4v) is 2.29. The van der Waals surface area contributed by atoms with Crippen molar-refractivity contribution in [3.8, 4) is 0 Å². The summed E-state index contributed by atoms with van der Waals surface area (Å²) in [6.07, 6.45) is 1.99. The molecule has 0 atom stereocenters. The summed E-state index contributed by atoms with van der Waals surface area (Å²) in [5.74, 6) is -0.113. The molecule has 0 aliphatic heterocycles. The van der Waals surface area contributed by atoms with Gasteiger partial charge in [0.1, 0.15) is 0 Å². The van der Waals surface area contributed by atoms with Gasteiger partial charge in [0.15, 0.2) is 0 Å². The molecular formula is C19H23N3O. The van der Waals surface area contributed by atoms with Crippen LogP contribution in [0.4, 0.5) is 5.69 Å². The summed E-state index contributed by atoms with van der Waals surface area (Å²) >= 11 is 0. The van der Waals surface area contributed by atoms with Crippen molar-refractivity contribution in [2.45, 2.75) is 20.3 Å². The second kappa shape index (κ2) is 7.58. The highest BCUT2D eigenvalue weighted by Crippen LogP contribution is 2.12. The van der Waals surface area contributed by atoms with Crippen molar-refractivity contribution < 1.29 is 4.79 Å². The van der Waals surface area contributed by atoms with Crippen molar-refractivity contribution in [1.82, 2.24) is 5.43 Å². The Morgan fingerprint density at radius 1 is 1.13 bits per heavy atom. The van der Waals surface area contributed by atoms with Gasteiger partial charge in [0.2, 0.25) is 5.91 Å². The molecule has 0 fully saturated rings. The van der Waals surface area contributed by atoms with Crippen molar-refractivity contribution in [2.75, 3.05) is 19.0 Å². The van der Waals surface area contributed by atoms with Crippen LogP contribution >= 0.6 is 0 Å². The zero-order valence-corrected chi connectivity index (χ0v) is 14.1. The summed E-state index contributed by atoms with van der Waals surface area (Å²) in [6.45, 7) is 4.06. The predicted molar refractivity (Wildman–Crippen MR) is 96.1 cm³/mol. The predicted octanol–water partition coefficient (Wildman–Crippen LogP) is 3.06. The van der Waals surface area contributed by atoms with Gasteiger partial charge in [-0.05, 0) is 42.7 Å². The van der Waals surface area contributed by atoms with Crippen molar-refractivity contribution in [1.29, 1.82) is 0 Å². The van der Waals surface area contributed by atoms with Crippen molar-refractivity contribution in [3.63, 3.8) is 0 Å². The summed E-state index contributed by atoms with van der Waals surface area (Å²) in [7, 11) is 3.99. The van der Waals surface area contributed by atoms with E-state index in [-0.39, 0.29) is 5.91 Å². The van der Waals surface area contributed by atoms with E-state index in [0.29, 0.717) is 6.42 Å². The number of carbonyl (C=O) groups is 1. The lowest BCUT2D eigenvalue weighted by atomic mass is 10.0. The summed E-state index contributed by atoms with van der Waals surface area (Å²) in [6, 6.07) is 14.1. The maximum absolute atomic E-state index is 12.0. The number of nitrogens with zero attached hydrogens (tertiary/aromatic N) is 2. The molecule has 0 aliphatic rings. The van der Waals surface area contributed by atoms with Gasteiger partial charge in [-0.1, -0.05) is 35.9 Å². The quantitative estimate of drug-likeness (QED) is 0.681. The summed E-state index contributed by atoms with van der Waals surface area (Å²) in [4.78, 5) is 14.0. The largest absolute Gasteiger partial charge is 0.378 e. The van der Waals surface area contributed by atoms with Crippen molar-refractivity contribution in [2.24, 2.45) is 5.10 Å². The zero-order chi connectivity index (χ0) is 16.8. The van der Waals surface area contributed by atoms with E-state index < -0.39 is 0 Å². The van der Waals surface area contributed by atoms with Crippen LogP contribution in [-0.4, -0.2) is 26.2 Å². The number of hydrogen-bond donors (Lipinski definition) is 1. The molecule has 0 bridgehead atoms. The first-order valence-corrected chi connectivity index (χ1v) is 7.61. The van der Waals surface area contributed by atoms with Crippen LogP contribution in [0.1, 0.15) is 22.3 Å². The molecule has 0 spiro atoms. The van der Waals surface area contributed by atoms with Crippen LogP contribution in [0.25, 0.3) is 0 Å². The minimum Gasteiger partial charge on any atom is -0.378 e. The normalized spacial score (nSPS) is 10.8. The molecule has 0 radical (unpaired) electrons. The summed E-state index contributed by atoms with van der Waals surface area (Å²) < 4.78 is 0. The zero-order valence-electron chi connectivity index (χ0n) is 14.1. The third kappa shape index (κ3) is 4.95. The number of anilines is 1. The molecule has 120 valence electrons. The minimum atomic E-state index is -0.113. The van der Waals surface area contributed by atoms with E-state index in [1.807, 2.05) is 69.2 Å². The number of rotatable bonds is 5. The van der Waals surface area contributed by atoms with Gasteiger partial charge < -0.3 is 4.90 Å². The Morgan fingerprint density at radius 2 is 1.83 bits per heavy atom. The lowest BCUT2D eigenvalue weighted by molar-refractivity contribution is -0.120. The Balaban J connectivity index is 1.90. The third-order valence-corrected chi connectivity index (χ3v) is 3.66. The molecule has 4 nitrogen and oxygen atoms in total. The highest BCUT2D eigenvalue weighted by molar-refractivity contribution is 5.83. The first-order valence-electron chi connectivity index (χ1n) is 7.61. The van der Waals surface area contributed by atoms with Gasteiger partial charge >= 0.3 is 0 Å². The number of amides is 1. The van der Waals surface area contributed by atoms with Crippen LogP contribution in [0.5, 0.6) is 0 Å². The van der Waals surface area contributed by atoms with Gasteiger partial charge in [-0.15, -0.1) is 0 Å². The number of benzene rings is 2. The Bertz CT molecular complexity index is 703. The number of hydrogen-bond acceptors (Lipinski definition) is 3. The van der Waals surface area contributed by atoms with Gasteiger partial charge in [-0.2, -0.15) is 5.10 Å². The highest BCUT2D eigenvalue weighted by Gasteiger charge is 2.05. The van der Waals surface area contributed by atoms with Gasteiger partial charge in [-0.25, -0.2) is 5.43 Å². The van der Waals surface area contributed by atoms with Crippen LogP contribution < -0.4 is 10.3 Å². The van der Waals surface area contributed by atoms with Crippen molar-refractivity contribution >= 4 is 17.8 Å². The Kier molecular flexibility index (Phi) is 5.52. The minimum absolute atomic E-state index is 0.113. The molecule has 0 unspecified atom stereocenters. The van der Waals surface area contributed by atoms with E-state index in [4.69, 9.17) is 0 Å². The monoisotopic (exact) mass is 309 g/mol. The number of nitrogens with one attached hydrogen (secondary N) is 1. The molecule has 0 heterocycles. The second-order valence-corrected chi connectivity index (χ2v) is 5.89. The number of carbonyl (C=O) groups excluding carboxylic acids is 1. The standard InChI is InChI=1S/C19H23N3O/c1-14-5-8-17(15(2)11-14)12-19(23)21-20-13-16-6-9-18(10-7-16)22(3)4/h5-11,13H,12H2,1-4H3,(H,21,23)/b20-13+. The van der Waals surface area contributed by atoms with E-state index in [1.165, 1.54) is 5.56 Å². The van der Waals surface area contributed by atoms with E-state index in [0.717, 1.165) is 22.4 Å². The lowest BCUT2D eigenvalue weighted by Gasteiger charge is -2.11. The molecule has 2 aromatic carbocycles. The smallest absolute Gasteiger partial charge is 0.244 e. The van der Waals surface area contributed by atoms with Crippen LogP contribution in [0.3, 0.4) is 0 Å². The molecule has 1 N–H and O–H groups in total. The molecule has 2 aromatic rings. The Morgan fingerprint density at radius 3 is 2.43 bits per heavy atom. The van der Waals surface area contributed by atoms with Crippen LogP contribution in [0.15, 0.2) is 47.6 Å². The highest BCUT2D eigenvalue weighted by atomic mass is 16.2. The molecule has 0 aromatic heterocycles. The number of hydrazone groups is 1. The van der Waals surface area contributed by atoms with Gasteiger partial charge in [0.25, 0.3) is 0 Å². The van der Waals surface area contributed by atoms with Gasteiger partial charge in [-0.3, -0.25) is 4.79 Å². The Hall–Kier alpha value is -2.62. The topological polar surface area (TPSA) is 44.7 Å². The van der Waals surface area contributed by atoms with Crippen molar-refractivity contribution in [3.05, 3.63) is 64.7 Å². The summed E-state index contributed by atoms with van der Waals surface area (Å²) in [5.41, 5.74) is 8.01. The average molecular weight is 309 g/mol. The molecule has 4 heteroatoms. The second-order valence-electron chi connectivity index (χ2n) is 5.89. The molecule has 1 amide bonds. The molecule has 2 rings (SSSR count). The SMILES string of the molecule is Cc1ccc(CC(=O)N/N=C/c2ccc(N(C)C)cc2)c(C)c1. The Labute approximate surface area is 137 Å².